The van der Waals surface area contributed by atoms with Gasteiger partial charge in [0.1, 0.15) is 28.9 Å². The molecule has 0 aliphatic heterocycles. The third kappa shape index (κ3) is 3.56. The average molecular weight is 382 g/mol. The van der Waals surface area contributed by atoms with E-state index >= 15 is 0 Å². The molecule has 0 unspecified atom stereocenters. The molecule has 4 aromatic rings. The molecule has 2 aromatic carbocycles. The number of methoxy groups -OCH3 is 2. The molecule has 2 heterocycles. The summed E-state index contributed by atoms with van der Waals surface area (Å²) in [6.07, 6.45) is 0. The van der Waals surface area contributed by atoms with Crippen LogP contribution in [-0.4, -0.2) is 34.0 Å². The number of aromatic nitrogens is 4. The molecule has 0 saturated carbocycles. The van der Waals surface area contributed by atoms with Gasteiger partial charge in [-0.25, -0.2) is 0 Å². The van der Waals surface area contributed by atoms with Gasteiger partial charge < -0.3 is 14.2 Å². The Kier molecular flexibility index (Phi) is 4.64. The molecule has 2 aromatic heterocycles. The number of ether oxygens (including phenoxy) is 3. The Morgan fingerprint density at radius 3 is 2.30 bits per heavy atom. The molecule has 0 saturated heterocycles. The minimum absolute atomic E-state index is 0.287. The fourth-order valence-electron chi connectivity index (χ4n) is 2.58. The Morgan fingerprint density at radius 2 is 1.63 bits per heavy atom. The summed E-state index contributed by atoms with van der Waals surface area (Å²) in [6, 6.07) is 13.5. The molecule has 0 spiro atoms. The lowest BCUT2D eigenvalue weighted by Gasteiger charge is -2.06. The number of benzene rings is 2. The van der Waals surface area contributed by atoms with Gasteiger partial charge in [0.15, 0.2) is 5.82 Å². The molecule has 0 aliphatic carbocycles. The number of hydrogen-bond acceptors (Lipinski definition) is 7. The maximum absolute atomic E-state index is 5.80. The molecule has 27 heavy (non-hydrogen) atoms. The summed E-state index contributed by atoms with van der Waals surface area (Å²) in [5.41, 5.74) is 2.08. The van der Waals surface area contributed by atoms with Crippen LogP contribution in [0.25, 0.3) is 15.5 Å². The molecule has 0 fully saturated rings. The number of nitrogens with zero attached hydrogens (tertiary/aromatic N) is 4. The van der Waals surface area contributed by atoms with Crippen molar-refractivity contribution in [3.8, 4) is 27.8 Å². The number of aryl methyl sites for hydroxylation is 1. The van der Waals surface area contributed by atoms with Gasteiger partial charge in [-0.3, -0.25) is 0 Å². The smallest absolute Gasteiger partial charge is 0.235 e. The van der Waals surface area contributed by atoms with Crippen LogP contribution in [0.2, 0.25) is 0 Å². The van der Waals surface area contributed by atoms with Gasteiger partial charge in [0, 0.05) is 11.6 Å². The van der Waals surface area contributed by atoms with Gasteiger partial charge in [0.2, 0.25) is 4.96 Å². The molecule has 138 valence electrons. The lowest BCUT2D eigenvalue weighted by Crippen LogP contribution is -2.02. The van der Waals surface area contributed by atoms with Crippen molar-refractivity contribution in [2.75, 3.05) is 14.2 Å². The highest BCUT2D eigenvalue weighted by Crippen LogP contribution is 2.32. The molecule has 0 atom stereocenters. The van der Waals surface area contributed by atoms with Crippen LogP contribution in [0.4, 0.5) is 0 Å². The van der Waals surface area contributed by atoms with Crippen LogP contribution in [0.5, 0.6) is 17.2 Å². The zero-order valence-corrected chi connectivity index (χ0v) is 16.0. The molecule has 8 heteroatoms. The standard InChI is InChI=1S/C19H18N4O3S/c1-12-4-6-14(7-5-12)26-11-17-20-21-19-23(17)22-18(27-19)13-8-15(24-2)10-16(9-13)25-3/h4-10H,11H2,1-3H3. The van der Waals surface area contributed by atoms with Crippen molar-refractivity contribution in [2.45, 2.75) is 13.5 Å². The maximum atomic E-state index is 5.80. The van der Waals surface area contributed by atoms with Crippen molar-refractivity contribution >= 4 is 16.3 Å². The van der Waals surface area contributed by atoms with Gasteiger partial charge in [-0.15, -0.1) is 10.2 Å². The highest BCUT2D eigenvalue weighted by molar-refractivity contribution is 7.19. The molecule has 0 amide bonds. The molecular weight excluding hydrogens is 364 g/mol. The Morgan fingerprint density at radius 1 is 0.926 bits per heavy atom. The maximum Gasteiger partial charge on any atom is 0.235 e. The summed E-state index contributed by atoms with van der Waals surface area (Å²) in [4.78, 5) is 0.703. The third-order valence-corrected chi connectivity index (χ3v) is 4.99. The van der Waals surface area contributed by atoms with Crippen LogP contribution in [-0.2, 0) is 6.61 Å². The van der Waals surface area contributed by atoms with Crippen molar-refractivity contribution in [1.82, 2.24) is 19.8 Å². The average Bonchev–Trinajstić information content (AvgIpc) is 3.28. The number of fused-ring (bicyclic) bond motifs is 1. The van der Waals surface area contributed by atoms with Gasteiger partial charge in [0.05, 0.1) is 14.2 Å². The van der Waals surface area contributed by atoms with E-state index in [2.05, 4.69) is 15.3 Å². The van der Waals surface area contributed by atoms with Crippen molar-refractivity contribution < 1.29 is 14.2 Å². The van der Waals surface area contributed by atoms with Crippen LogP contribution in [0.15, 0.2) is 42.5 Å². The van der Waals surface area contributed by atoms with E-state index in [1.54, 1.807) is 18.7 Å². The van der Waals surface area contributed by atoms with Crippen molar-refractivity contribution in [1.29, 1.82) is 0 Å². The first kappa shape index (κ1) is 17.3. The fourth-order valence-corrected chi connectivity index (χ4v) is 3.42. The SMILES string of the molecule is COc1cc(OC)cc(-c2nn3c(COc4ccc(C)cc4)nnc3s2)c1. The van der Waals surface area contributed by atoms with Crippen LogP contribution >= 0.6 is 11.3 Å². The molecule has 0 bridgehead atoms. The van der Waals surface area contributed by atoms with Crippen molar-refractivity contribution in [3.63, 3.8) is 0 Å². The minimum Gasteiger partial charge on any atom is -0.497 e. The van der Waals surface area contributed by atoms with Gasteiger partial charge in [-0.2, -0.15) is 9.61 Å². The molecule has 0 aliphatic rings. The molecule has 4 rings (SSSR count). The summed E-state index contributed by atoms with van der Waals surface area (Å²) in [5.74, 6) is 2.84. The van der Waals surface area contributed by atoms with Crippen LogP contribution < -0.4 is 14.2 Å². The molecule has 0 radical (unpaired) electrons. The van der Waals surface area contributed by atoms with Gasteiger partial charge in [-0.05, 0) is 31.2 Å². The van der Waals surface area contributed by atoms with E-state index in [-0.39, 0.29) is 6.61 Å². The van der Waals surface area contributed by atoms with E-state index in [0.29, 0.717) is 22.3 Å². The predicted molar refractivity (Wildman–Crippen MR) is 103 cm³/mol. The second kappa shape index (κ2) is 7.24. The van der Waals surface area contributed by atoms with E-state index in [4.69, 9.17) is 14.2 Å². The zero-order valence-electron chi connectivity index (χ0n) is 15.2. The van der Waals surface area contributed by atoms with E-state index in [1.165, 1.54) is 16.9 Å². The first-order valence-corrected chi connectivity index (χ1v) is 9.12. The highest BCUT2D eigenvalue weighted by atomic mass is 32.1. The topological polar surface area (TPSA) is 70.8 Å². The molecular formula is C19H18N4O3S. The van der Waals surface area contributed by atoms with Gasteiger partial charge in [-0.1, -0.05) is 29.0 Å². The first-order valence-electron chi connectivity index (χ1n) is 8.30. The minimum atomic E-state index is 0.287. The van der Waals surface area contributed by atoms with Crippen LogP contribution in [0.1, 0.15) is 11.4 Å². The Hall–Kier alpha value is -3.13. The predicted octanol–water partition coefficient (Wildman–Crippen LogP) is 3.76. The van der Waals surface area contributed by atoms with Crippen LogP contribution in [0, 0.1) is 6.92 Å². The van der Waals surface area contributed by atoms with Gasteiger partial charge >= 0.3 is 0 Å². The summed E-state index contributed by atoms with van der Waals surface area (Å²) in [5, 5.41) is 13.8. The number of rotatable bonds is 6. The summed E-state index contributed by atoms with van der Waals surface area (Å²) < 4.78 is 18.2. The normalized spacial score (nSPS) is 10.9. The largest absolute Gasteiger partial charge is 0.497 e. The number of hydrogen-bond donors (Lipinski definition) is 0. The second-order valence-electron chi connectivity index (χ2n) is 5.92. The van der Waals surface area contributed by atoms with Crippen molar-refractivity contribution in [2.24, 2.45) is 0 Å². The Bertz CT molecular complexity index is 1050. The quantitative estimate of drug-likeness (QED) is 0.506. The van der Waals surface area contributed by atoms with E-state index in [0.717, 1.165) is 16.3 Å². The molecule has 7 nitrogen and oxygen atoms in total. The van der Waals surface area contributed by atoms with E-state index in [1.807, 2.05) is 49.4 Å². The fraction of sp³-hybridized carbons (Fsp3) is 0.211. The Balaban J connectivity index is 1.61. The third-order valence-electron chi connectivity index (χ3n) is 4.04. The second-order valence-corrected chi connectivity index (χ2v) is 6.88. The monoisotopic (exact) mass is 382 g/mol. The Labute approximate surface area is 160 Å². The van der Waals surface area contributed by atoms with E-state index < -0.39 is 0 Å². The summed E-state index contributed by atoms with van der Waals surface area (Å²) >= 11 is 1.44. The lowest BCUT2D eigenvalue weighted by molar-refractivity contribution is 0.293. The van der Waals surface area contributed by atoms with E-state index in [9.17, 15) is 0 Å². The first-order chi connectivity index (χ1) is 13.2. The highest BCUT2D eigenvalue weighted by Gasteiger charge is 2.15. The molecule has 0 N–H and O–H groups in total. The summed E-state index contributed by atoms with van der Waals surface area (Å²) in [7, 11) is 3.25. The summed E-state index contributed by atoms with van der Waals surface area (Å²) in [6.45, 7) is 2.32. The van der Waals surface area contributed by atoms with Crippen molar-refractivity contribution in [3.05, 3.63) is 53.9 Å². The lowest BCUT2D eigenvalue weighted by atomic mass is 10.2. The zero-order chi connectivity index (χ0) is 18.8. The van der Waals surface area contributed by atoms with Gasteiger partial charge in [0.25, 0.3) is 0 Å². The van der Waals surface area contributed by atoms with Crippen LogP contribution in [0.3, 0.4) is 0 Å².